The SMILES string of the molecule is CN(c1ccc(Cl)cc1)c1ncc(C#N)s1. The molecule has 0 radical (unpaired) electrons. The summed E-state index contributed by atoms with van der Waals surface area (Å²) < 4.78 is 0. The molecule has 0 aliphatic heterocycles. The van der Waals surface area contributed by atoms with E-state index in [4.69, 9.17) is 16.9 Å². The van der Waals surface area contributed by atoms with Crippen LogP contribution in [0, 0.1) is 11.3 Å². The van der Waals surface area contributed by atoms with E-state index in [0.717, 1.165) is 10.8 Å². The molecule has 2 rings (SSSR count). The predicted molar refractivity (Wildman–Crippen MR) is 66.3 cm³/mol. The van der Waals surface area contributed by atoms with E-state index >= 15 is 0 Å². The topological polar surface area (TPSA) is 39.9 Å². The molecule has 2 aromatic rings. The Morgan fingerprint density at radius 2 is 2.06 bits per heavy atom. The van der Waals surface area contributed by atoms with Gasteiger partial charge in [-0.1, -0.05) is 22.9 Å². The van der Waals surface area contributed by atoms with Crippen LogP contribution in [-0.2, 0) is 0 Å². The second-order valence-corrected chi connectivity index (χ2v) is 4.60. The van der Waals surface area contributed by atoms with E-state index in [-0.39, 0.29) is 0 Å². The van der Waals surface area contributed by atoms with Crippen LogP contribution in [0.2, 0.25) is 5.02 Å². The number of nitriles is 1. The van der Waals surface area contributed by atoms with Gasteiger partial charge < -0.3 is 4.90 Å². The van der Waals surface area contributed by atoms with Crippen LogP contribution in [0.25, 0.3) is 0 Å². The Balaban J connectivity index is 2.28. The van der Waals surface area contributed by atoms with Crippen LogP contribution in [0.15, 0.2) is 30.5 Å². The van der Waals surface area contributed by atoms with Crippen LogP contribution in [0.5, 0.6) is 0 Å². The summed E-state index contributed by atoms with van der Waals surface area (Å²) in [5, 5.41) is 10.2. The summed E-state index contributed by atoms with van der Waals surface area (Å²) in [6.45, 7) is 0. The lowest BCUT2D eigenvalue weighted by Gasteiger charge is -2.15. The highest BCUT2D eigenvalue weighted by Gasteiger charge is 2.08. The van der Waals surface area contributed by atoms with Gasteiger partial charge in [-0.05, 0) is 24.3 Å². The minimum atomic E-state index is 0.607. The van der Waals surface area contributed by atoms with E-state index in [0.29, 0.717) is 9.90 Å². The van der Waals surface area contributed by atoms with Gasteiger partial charge in [0.15, 0.2) is 5.13 Å². The van der Waals surface area contributed by atoms with Gasteiger partial charge in [-0.15, -0.1) is 0 Å². The molecule has 16 heavy (non-hydrogen) atoms. The van der Waals surface area contributed by atoms with Crippen molar-refractivity contribution in [1.82, 2.24) is 4.98 Å². The summed E-state index contributed by atoms with van der Waals surface area (Å²) in [7, 11) is 1.91. The quantitative estimate of drug-likeness (QED) is 0.819. The summed E-state index contributed by atoms with van der Waals surface area (Å²) in [5.74, 6) is 0. The summed E-state index contributed by atoms with van der Waals surface area (Å²) in [4.78, 5) is 6.70. The maximum absolute atomic E-state index is 8.72. The third-order valence-corrected chi connectivity index (χ3v) is 3.33. The smallest absolute Gasteiger partial charge is 0.190 e. The number of thiazole rings is 1. The van der Waals surface area contributed by atoms with Gasteiger partial charge in [0.1, 0.15) is 10.9 Å². The zero-order valence-electron chi connectivity index (χ0n) is 8.51. The van der Waals surface area contributed by atoms with Crippen molar-refractivity contribution in [2.45, 2.75) is 0 Å². The summed E-state index contributed by atoms with van der Waals surface area (Å²) in [6.07, 6.45) is 1.58. The molecule has 0 saturated heterocycles. The lowest BCUT2D eigenvalue weighted by atomic mass is 10.3. The Hall–Kier alpha value is -1.57. The Bertz CT molecular complexity index is 527. The largest absolute Gasteiger partial charge is 0.321 e. The number of rotatable bonds is 2. The summed E-state index contributed by atoms with van der Waals surface area (Å²) in [6, 6.07) is 9.55. The molecule has 1 aromatic carbocycles. The van der Waals surface area contributed by atoms with Crippen LogP contribution in [0.3, 0.4) is 0 Å². The van der Waals surface area contributed by atoms with Gasteiger partial charge in [0.2, 0.25) is 0 Å². The zero-order valence-corrected chi connectivity index (χ0v) is 10.1. The molecule has 0 saturated carbocycles. The highest BCUT2D eigenvalue weighted by molar-refractivity contribution is 7.16. The fraction of sp³-hybridized carbons (Fsp3) is 0.0909. The van der Waals surface area contributed by atoms with Gasteiger partial charge in [0, 0.05) is 17.8 Å². The zero-order chi connectivity index (χ0) is 11.5. The minimum absolute atomic E-state index is 0.607. The molecule has 0 N–H and O–H groups in total. The summed E-state index contributed by atoms with van der Waals surface area (Å²) in [5.41, 5.74) is 0.989. The molecule has 0 bridgehead atoms. The van der Waals surface area contributed by atoms with Crippen molar-refractivity contribution < 1.29 is 0 Å². The van der Waals surface area contributed by atoms with Crippen molar-refractivity contribution in [3.8, 4) is 6.07 Å². The third kappa shape index (κ3) is 2.16. The third-order valence-electron chi connectivity index (χ3n) is 2.10. The van der Waals surface area contributed by atoms with Gasteiger partial charge in [0.25, 0.3) is 0 Å². The molecule has 0 amide bonds. The van der Waals surface area contributed by atoms with Crippen LogP contribution >= 0.6 is 22.9 Å². The molecule has 1 heterocycles. The molecule has 0 fully saturated rings. The van der Waals surface area contributed by atoms with Gasteiger partial charge >= 0.3 is 0 Å². The van der Waals surface area contributed by atoms with Crippen molar-refractivity contribution in [1.29, 1.82) is 5.26 Å². The number of hydrogen-bond acceptors (Lipinski definition) is 4. The lowest BCUT2D eigenvalue weighted by Crippen LogP contribution is -2.08. The Labute approximate surface area is 103 Å². The number of halogens is 1. The number of hydrogen-bond donors (Lipinski definition) is 0. The molecule has 3 nitrogen and oxygen atoms in total. The van der Waals surface area contributed by atoms with Crippen LogP contribution in [0.1, 0.15) is 4.88 Å². The van der Waals surface area contributed by atoms with Crippen molar-refractivity contribution in [2.24, 2.45) is 0 Å². The molecule has 5 heteroatoms. The van der Waals surface area contributed by atoms with E-state index < -0.39 is 0 Å². The van der Waals surface area contributed by atoms with Crippen molar-refractivity contribution in [2.75, 3.05) is 11.9 Å². The number of aromatic nitrogens is 1. The number of benzene rings is 1. The molecule has 0 atom stereocenters. The minimum Gasteiger partial charge on any atom is -0.321 e. The predicted octanol–water partition coefficient (Wildman–Crippen LogP) is 3.44. The van der Waals surface area contributed by atoms with Gasteiger partial charge in [-0.25, -0.2) is 4.98 Å². The number of nitrogens with zero attached hydrogens (tertiary/aromatic N) is 3. The number of anilines is 2. The fourth-order valence-electron chi connectivity index (χ4n) is 1.25. The highest BCUT2D eigenvalue weighted by atomic mass is 35.5. The van der Waals surface area contributed by atoms with Gasteiger partial charge in [0.05, 0.1) is 6.20 Å². The fourth-order valence-corrected chi connectivity index (χ4v) is 2.07. The molecule has 0 aliphatic carbocycles. The maximum Gasteiger partial charge on any atom is 0.190 e. The first-order chi connectivity index (χ1) is 7.70. The lowest BCUT2D eigenvalue weighted by molar-refractivity contribution is 1.17. The van der Waals surface area contributed by atoms with Gasteiger partial charge in [-0.2, -0.15) is 5.26 Å². The van der Waals surface area contributed by atoms with Crippen LogP contribution in [-0.4, -0.2) is 12.0 Å². The van der Waals surface area contributed by atoms with Crippen molar-refractivity contribution >= 4 is 33.8 Å². The van der Waals surface area contributed by atoms with E-state index in [1.807, 2.05) is 36.2 Å². The average Bonchev–Trinajstić information content (AvgIpc) is 2.77. The molecule has 0 unspecified atom stereocenters. The van der Waals surface area contributed by atoms with Crippen molar-refractivity contribution in [3.63, 3.8) is 0 Å². The first-order valence-corrected chi connectivity index (χ1v) is 5.75. The average molecular weight is 250 g/mol. The maximum atomic E-state index is 8.72. The second-order valence-electron chi connectivity index (χ2n) is 3.15. The second kappa shape index (κ2) is 4.52. The first kappa shape index (κ1) is 10.9. The normalized spacial score (nSPS) is 9.81. The highest BCUT2D eigenvalue weighted by Crippen LogP contribution is 2.28. The van der Waals surface area contributed by atoms with E-state index in [9.17, 15) is 0 Å². The first-order valence-electron chi connectivity index (χ1n) is 4.56. The van der Waals surface area contributed by atoms with Crippen LogP contribution < -0.4 is 4.90 Å². The summed E-state index contributed by atoms with van der Waals surface area (Å²) >= 11 is 7.18. The molecular formula is C11H8ClN3S. The standard InChI is InChI=1S/C11H8ClN3S/c1-15(9-4-2-8(12)3-5-9)11-14-7-10(6-13)16-11/h2-5,7H,1H3. The molecule has 1 aromatic heterocycles. The Morgan fingerprint density at radius 1 is 1.38 bits per heavy atom. The monoisotopic (exact) mass is 249 g/mol. The van der Waals surface area contributed by atoms with Gasteiger partial charge in [-0.3, -0.25) is 0 Å². The van der Waals surface area contributed by atoms with E-state index in [2.05, 4.69) is 11.1 Å². The molecule has 0 aliphatic rings. The van der Waals surface area contributed by atoms with Crippen LogP contribution in [0.4, 0.5) is 10.8 Å². The van der Waals surface area contributed by atoms with Crippen molar-refractivity contribution in [3.05, 3.63) is 40.4 Å². The molecule has 0 spiro atoms. The van der Waals surface area contributed by atoms with E-state index in [1.165, 1.54) is 11.3 Å². The molecule has 80 valence electrons. The van der Waals surface area contributed by atoms with E-state index in [1.54, 1.807) is 6.20 Å². The Kier molecular flexibility index (Phi) is 3.09. The molecular weight excluding hydrogens is 242 g/mol. The Morgan fingerprint density at radius 3 is 2.62 bits per heavy atom.